The molecule has 6 heteroatoms. The number of rotatable bonds is 3. The van der Waals surface area contributed by atoms with Crippen LogP contribution in [0, 0.1) is 0 Å². The first-order valence-corrected chi connectivity index (χ1v) is 6.31. The average molecular weight is 221 g/mol. The summed E-state index contributed by atoms with van der Waals surface area (Å²) in [6.07, 6.45) is -0.355. The number of amides is 1. The van der Waals surface area contributed by atoms with E-state index in [4.69, 9.17) is 0 Å². The highest BCUT2D eigenvalue weighted by Gasteiger charge is 2.40. The third kappa shape index (κ3) is 2.24. The lowest BCUT2D eigenvalue weighted by Crippen LogP contribution is -2.45. The Morgan fingerprint density at radius 3 is 2.29 bits per heavy atom. The molecule has 1 saturated heterocycles. The number of carbonyl (C=O) groups is 1. The molecular formula is C8H15NO4S. The third-order valence-corrected chi connectivity index (χ3v) is 4.09. The van der Waals surface area contributed by atoms with Crippen molar-refractivity contribution in [2.75, 3.05) is 11.5 Å². The number of aliphatic hydroxyl groups excluding tert-OH is 1. The van der Waals surface area contributed by atoms with Crippen LogP contribution < -0.4 is 0 Å². The molecule has 82 valence electrons. The van der Waals surface area contributed by atoms with Crippen LogP contribution in [0.25, 0.3) is 0 Å². The zero-order chi connectivity index (χ0) is 10.9. The molecule has 0 spiro atoms. The first-order chi connectivity index (χ1) is 6.37. The van der Waals surface area contributed by atoms with Gasteiger partial charge >= 0.3 is 0 Å². The molecule has 0 bridgehead atoms. The van der Waals surface area contributed by atoms with Crippen LogP contribution in [-0.4, -0.2) is 54.5 Å². The van der Waals surface area contributed by atoms with E-state index in [1.165, 1.54) is 4.90 Å². The molecule has 1 N–H and O–H groups in total. The van der Waals surface area contributed by atoms with Crippen LogP contribution in [0.4, 0.5) is 0 Å². The molecule has 5 nitrogen and oxygen atoms in total. The van der Waals surface area contributed by atoms with Gasteiger partial charge in [-0.3, -0.25) is 4.79 Å². The fourth-order valence-electron chi connectivity index (χ4n) is 1.68. The Labute approximate surface area is 83.6 Å². The van der Waals surface area contributed by atoms with E-state index in [-0.39, 0.29) is 17.5 Å². The largest absolute Gasteiger partial charge is 0.390 e. The van der Waals surface area contributed by atoms with Crippen molar-refractivity contribution in [3.8, 4) is 0 Å². The van der Waals surface area contributed by atoms with Gasteiger partial charge in [0.1, 0.15) is 0 Å². The molecule has 14 heavy (non-hydrogen) atoms. The molecule has 0 aromatic rings. The van der Waals surface area contributed by atoms with Crippen LogP contribution in [0.3, 0.4) is 0 Å². The molecule has 0 radical (unpaired) electrons. The van der Waals surface area contributed by atoms with E-state index >= 15 is 0 Å². The van der Waals surface area contributed by atoms with Gasteiger partial charge in [-0.1, -0.05) is 0 Å². The van der Waals surface area contributed by atoms with E-state index < -0.39 is 22.0 Å². The maximum atomic E-state index is 11.2. The quantitative estimate of drug-likeness (QED) is 0.621. The van der Waals surface area contributed by atoms with Gasteiger partial charge in [-0.05, 0) is 13.8 Å². The van der Waals surface area contributed by atoms with Gasteiger partial charge in [0.15, 0.2) is 9.84 Å². The Morgan fingerprint density at radius 2 is 2.00 bits per heavy atom. The highest BCUT2D eigenvalue weighted by Crippen LogP contribution is 2.19. The third-order valence-electron chi connectivity index (χ3n) is 2.39. The number of hydrogen-bond donors (Lipinski definition) is 1. The number of carbonyl (C=O) groups excluding carboxylic acids is 1. The number of sulfone groups is 1. The molecule has 0 aliphatic carbocycles. The van der Waals surface area contributed by atoms with Gasteiger partial charge in [0.25, 0.3) is 0 Å². The van der Waals surface area contributed by atoms with Gasteiger partial charge in [-0.2, -0.15) is 0 Å². The van der Waals surface area contributed by atoms with E-state index in [1.54, 1.807) is 13.8 Å². The molecule has 2 atom stereocenters. The predicted octanol–water partition coefficient (Wildman–Crippen LogP) is -0.989. The minimum atomic E-state index is -3.18. The lowest BCUT2D eigenvalue weighted by molar-refractivity contribution is -0.123. The molecular weight excluding hydrogens is 206 g/mol. The van der Waals surface area contributed by atoms with E-state index in [0.29, 0.717) is 6.41 Å². The first kappa shape index (κ1) is 11.5. The van der Waals surface area contributed by atoms with Crippen molar-refractivity contribution in [2.45, 2.75) is 32.0 Å². The minimum absolute atomic E-state index is 0.0968. The summed E-state index contributed by atoms with van der Waals surface area (Å²) in [6.45, 7) is 3.57. The summed E-state index contributed by atoms with van der Waals surface area (Å²) in [7, 11) is -3.18. The van der Waals surface area contributed by atoms with E-state index in [9.17, 15) is 18.3 Å². The standard InChI is InChI=1S/C8H15NO4S/c1-6(2)9(5-10)7-3-14(12,13)4-8(7)11/h5-8,11H,3-4H2,1-2H3/t7-,8-/m0/s1. The van der Waals surface area contributed by atoms with Gasteiger partial charge in [-0.15, -0.1) is 0 Å². The van der Waals surface area contributed by atoms with Crippen molar-refractivity contribution in [1.82, 2.24) is 4.90 Å². The van der Waals surface area contributed by atoms with Gasteiger partial charge in [-0.25, -0.2) is 8.42 Å². The molecule has 1 heterocycles. The summed E-state index contributed by atoms with van der Waals surface area (Å²) < 4.78 is 22.4. The van der Waals surface area contributed by atoms with Crippen LogP contribution in [0.1, 0.15) is 13.8 Å². The van der Waals surface area contributed by atoms with Gasteiger partial charge < -0.3 is 10.0 Å². The molecule has 1 rings (SSSR count). The second-order valence-electron chi connectivity index (χ2n) is 3.86. The lowest BCUT2D eigenvalue weighted by atomic mass is 10.1. The molecule has 1 fully saturated rings. The van der Waals surface area contributed by atoms with Crippen molar-refractivity contribution in [3.63, 3.8) is 0 Å². The van der Waals surface area contributed by atoms with Crippen molar-refractivity contribution in [3.05, 3.63) is 0 Å². The average Bonchev–Trinajstić information content (AvgIpc) is 2.26. The van der Waals surface area contributed by atoms with Gasteiger partial charge in [0.05, 0.1) is 23.7 Å². The van der Waals surface area contributed by atoms with Crippen LogP contribution in [0.15, 0.2) is 0 Å². The first-order valence-electron chi connectivity index (χ1n) is 4.48. The zero-order valence-electron chi connectivity index (χ0n) is 8.25. The molecule has 0 aromatic carbocycles. The highest BCUT2D eigenvalue weighted by molar-refractivity contribution is 7.91. The number of nitrogens with zero attached hydrogens (tertiary/aromatic N) is 1. The van der Waals surface area contributed by atoms with E-state index in [0.717, 1.165) is 0 Å². The van der Waals surface area contributed by atoms with Gasteiger partial charge in [0, 0.05) is 6.04 Å². The summed E-state index contributed by atoms with van der Waals surface area (Å²) >= 11 is 0. The number of hydrogen-bond acceptors (Lipinski definition) is 4. The lowest BCUT2D eigenvalue weighted by Gasteiger charge is -2.29. The highest BCUT2D eigenvalue weighted by atomic mass is 32.2. The van der Waals surface area contributed by atoms with Crippen molar-refractivity contribution in [2.24, 2.45) is 0 Å². The summed E-state index contributed by atoms with van der Waals surface area (Å²) in [6, 6.07) is -0.682. The monoisotopic (exact) mass is 221 g/mol. The summed E-state index contributed by atoms with van der Waals surface area (Å²) in [5.74, 6) is -0.375. The molecule has 0 saturated carbocycles. The normalized spacial score (nSPS) is 30.6. The maximum absolute atomic E-state index is 11.2. The van der Waals surface area contributed by atoms with Crippen LogP contribution in [-0.2, 0) is 14.6 Å². The van der Waals surface area contributed by atoms with Gasteiger partial charge in [0.2, 0.25) is 6.41 Å². The smallest absolute Gasteiger partial charge is 0.210 e. The Morgan fingerprint density at radius 1 is 1.43 bits per heavy atom. The van der Waals surface area contributed by atoms with Crippen molar-refractivity contribution >= 4 is 16.2 Å². The SMILES string of the molecule is CC(C)N(C=O)[C@H]1CS(=O)(=O)C[C@@H]1O. The predicted molar refractivity (Wildman–Crippen MR) is 51.5 cm³/mol. The molecule has 0 unspecified atom stereocenters. The summed E-state index contributed by atoms with van der Waals surface area (Å²) in [5.41, 5.74) is 0. The fourth-order valence-corrected chi connectivity index (χ4v) is 3.47. The Balaban J connectivity index is 2.83. The Hall–Kier alpha value is -0.620. The van der Waals surface area contributed by atoms with E-state index in [1.807, 2.05) is 0 Å². The number of aliphatic hydroxyl groups is 1. The van der Waals surface area contributed by atoms with Crippen LogP contribution in [0.5, 0.6) is 0 Å². The summed E-state index contributed by atoms with van der Waals surface area (Å²) in [4.78, 5) is 12.1. The summed E-state index contributed by atoms with van der Waals surface area (Å²) in [5, 5.41) is 9.50. The molecule has 1 amide bonds. The van der Waals surface area contributed by atoms with Crippen LogP contribution in [0.2, 0.25) is 0 Å². The zero-order valence-corrected chi connectivity index (χ0v) is 9.07. The Kier molecular flexibility index (Phi) is 3.16. The van der Waals surface area contributed by atoms with E-state index in [2.05, 4.69) is 0 Å². The molecule has 0 aromatic heterocycles. The fraction of sp³-hybridized carbons (Fsp3) is 0.875. The Bertz CT molecular complexity index is 311. The second kappa shape index (κ2) is 3.86. The molecule has 1 aliphatic rings. The van der Waals surface area contributed by atoms with Crippen molar-refractivity contribution in [1.29, 1.82) is 0 Å². The molecule has 1 aliphatic heterocycles. The maximum Gasteiger partial charge on any atom is 0.210 e. The second-order valence-corrected chi connectivity index (χ2v) is 6.01. The topological polar surface area (TPSA) is 74.7 Å². The minimum Gasteiger partial charge on any atom is -0.390 e. The van der Waals surface area contributed by atoms with Crippen molar-refractivity contribution < 1.29 is 18.3 Å². The van der Waals surface area contributed by atoms with Crippen LogP contribution >= 0.6 is 0 Å².